The number of aliphatic hydroxyl groups is 1. The lowest BCUT2D eigenvalue weighted by molar-refractivity contribution is 0.198. The van der Waals surface area contributed by atoms with Crippen LogP contribution in [0.1, 0.15) is 19.4 Å². The third kappa shape index (κ3) is 3.80. The van der Waals surface area contributed by atoms with E-state index in [1.165, 1.54) is 5.56 Å². The second-order valence-electron chi connectivity index (χ2n) is 4.53. The van der Waals surface area contributed by atoms with Crippen LogP contribution in [0.25, 0.3) is 0 Å². The Morgan fingerprint density at radius 3 is 2.62 bits per heavy atom. The molecular weight excluding hydrogens is 266 g/mol. The van der Waals surface area contributed by atoms with Crippen LogP contribution in [0.2, 0.25) is 0 Å². The summed E-state index contributed by atoms with van der Waals surface area (Å²) in [5, 5.41) is 12.6. The van der Waals surface area contributed by atoms with Crippen molar-refractivity contribution in [3.63, 3.8) is 0 Å². The molecule has 1 atom stereocenters. The minimum Gasteiger partial charge on any atom is -0.396 e. The first-order chi connectivity index (χ1) is 7.54. The van der Waals surface area contributed by atoms with Gasteiger partial charge in [-0.05, 0) is 30.5 Å². The zero-order chi connectivity index (χ0) is 12.1. The van der Waals surface area contributed by atoms with Crippen LogP contribution in [-0.4, -0.2) is 18.3 Å². The van der Waals surface area contributed by atoms with Crippen molar-refractivity contribution in [2.24, 2.45) is 11.8 Å². The molecule has 1 aromatic rings. The third-order valence-electron chi connectivity index (χ3n) is 2.93. The Hall–Kier alpha value is -0.540. The summed E-state index contributed by atoms with van der Waals surface area (Å²) in [7, 11) is 0. The van der Waals surface area contributed by atoms with Crippen molar-refractivity contribution < 1.29 is 5.11 Å². The molecule has 0 aromatic heterocycles. The quantitative estimate of drug-likeness (QED) is 0.869. The predicted molar refractivity (Wildman–Crippen MR) is 72.8 cm³/mol. The summed E-state index contributed by atoms with van der Waals surface area (Å²) >= 11 is 3.46. The van der Waals surface area contributed by atoms with E-state index in [1.54, 1.807) is 0 Å². The number of aryl methyl sites for hydroxylation is 1. The molecule has 0 aliphatic rings. The molecule has 0 aliphatic heterocycles. The molecule has 1 rings (SSSR count). The molecule has 0 spiro atoms. The maximum atomic E-state index is 9.25. The maximum absolute atomic E-state index is 9.25. The Balaban J connectivity index is 2.63. The second kappa shape index (κ2) is 6.26. The molecule has 2 N–H and O–H groups in total. The summed E-state index contributed by atoms with van der Waals surface area (Å²) in [6.07, 6.45) is 0. The number of benzene rings is 1. The van der Waals surface area contributed by atoms with Crippen molar-refractivity contribution in [1.29, 1.82) is 0 Å². The Bertz CT molecular complexity index is 339. The second-order valence-corrected chi connectivity index (χ2v) is 5.44. The van der Waals surface area contributed by atoms with E-state index in [2.05, 4.69) is 54.2 Å². The van der Waals surface area contributed by atoms with Crippen LogP contribution in [0.4, 0.5) is 5.69 Å². The summed E-state index contributed by atoms with van der Waals surface area (Å²) < 4.78 is 1.07. The minimum atomic E-state index is 0.234. The number of anilines is 1. The highest BCUT2D eigenvalue weighted by Crippen LogP contribution is 2.21. The van der Waals surface area contributed by atoms with Gasteiger partial charge in [-0.2, -0.15) is 0 Å². The van der Waals surface area contributed by atoms with E-state index in [1.807, 2.05) is 6.07 Å². The number of nitrogens with one attached hydrogen (secondary N) is 1. The van der Waals surface area contributed by atoms with Crippen LogP contribution < -0.4 is 5.32 Å². The normalized spacial score (nSPS) is 12.9. The molecule has 0 amide bonds. The smallest absolute Gasteiger partial charge is 0.0478 e. The van der Waals surface area contributed by atoms with E-state index in [0.29, 0.717) is 11.8 Å². The Morgan fingerprint density at radius 2 is 2.06 bits per heavy atom. The molecule has 0 radical (unpaired) electrons. The number of hydrogen-bond acceptors (Lipinski definition) is 2. The summed E-state index contributed by atoms with van der Waals surface area (Å²) in [6.45, 7) is 7.40. The Labute approximate surface area is 106 Å². The first kappa shape index (κ1) is 13.5. The lowest BCUT2D eigenvalue weighted by Gasteiger charge is -2.20. The van der Waals surface area contributed by atoms with Crippen LogP contribution in [0.15, 0.2) is 22.7 Å². The van der Waals surface area contributed by atoms with Crippen LogP contribution in [0.5, 0.6) is 0 Å². The maximum Gasteiger partial charge on any atom is 0.0478 e. The van der Waals surface area contributed by atoms with E-state index in [4.69, 9.17) is 0 Å². The zero-order valence-corrected chi connectivity index (χ0v) is 11.7. The van der Waals surface area contributed by atoms with Gasteiger partial charge >= 0.3 is 0 Å². The highest BCUT2D eigenvalue weighted by atomic mass is 79.9. The molecule has 0 fully saturated rings. The van der Waals surface area contributed by atoms with Crippen LogP contribution in [0, 0.1) is 18.8 Å². The number of halogens is 1. The largest absolute Gasteiger partial charge is 0.396 e. The summed E-state index contributed by atoms with van der Waals surface area (Å²) in [5.74, 6) is 0.795. The predicted octanol–water partition coefficient (Wildman–Crippen LogP) is 3.43. The van der Waals surface area contributed by atoms with E-state index in [9.17, 15) is 5.11 Å². The number of rotatable bonds is 5. The summed E-state index contributed by atoms with van der Waals surface area (Å²) in [5.41, 5.74) is 2.36. The highest BCUT2D eigenvalue weighted by molar-refractivity contribution is 9.10. The average molecular weight is 286 g/mol. The summed E-state index contributed by atoms with van der Waals surface area (Å²) in [6, 6.07) is 6.19. The van der Waals surface area contributed by atoms with Gasteiger partial charge in [0.15, 0.2) is 0 Å². The van der Waals surface area contributed by atoms with Crippen molar-refractivity contribution in [2.45, 2.75) is 20.8 Å². The fourth-order valence-electron chi connectivity index (χ4n) is 1.54. The van der Waals surface area contributed by atoms with E-state index >= 15 is 0 Å². The molecule has 1 aromatic carbocycles. The van der Waals surface area contributed by atoms with E-state index in [0.717, 1.165) is 16.7 Å². The monoisotopic (exact) mass is 285 g/mol. The van der Waals surface area contributed by atoms with Gasteiger partial charge in [-0.3, -0.25) is 0 Å². The third-order valence-corrected chi connectivity index (χ3v) is 3.42. The van der Waals surface area contributed by atoms with Crippen LogP contribution >= 0.6 is 15.9 Å². The lowest BCUT2D eigenvalue weighted by Crippen LogP contribution is -2.23. The molecule has 3 heteroatoms. The van der Waals surface area contributed by atoms with Gasteiger partial charge in [0.05, 0.1) is 0 Å². The van der Waals surface area contributed by atoms with E-state index in [-0.39, 0.29) is 6.61 Å². The van der Waals surface area contributed by atoms with Crippen molar-refractivity contribution in [2.75, 3.05) is 18.5 Å². The van der Waals surface area contributed by atoms with Gasteiger partial charge in [0.2, 0.25) is 0 Å². The molecule has 90 valence electrons. The first-order valence-corrected chi connectivity index (χ1v) is 6.44. The molecule has 1 unspecified atom stereocenters. The van der Waals surface area contributed by atoms with Crippen molar-refractivity contribution in [3.8, 4) is 0 Å². The van der Waals surface area contributed by atoms with Crippen molar-refractivity contribution >= 4 is 21.6 Å². The van der Waals surface area contributed by atoms with Gasteiger partial charge in [-0.25, -0.2) is 0 Å². The van der Waals surface area contributed by atoms with Gasteiger partial charge in [0.1, 0.15) is 0 Å². The molecule has 16 heavy (non-hydrogen) atoms. The molecule has 2 nitrogen and oxygen atoms in total. The van der Waals surface area contributed by atoms with Gasteiger partial charge < -0.3 is 10.4 Å². The van der Waals surface area contributed by atoms with Gasteiger partial charge in [0.25, 0.3) is 0 Å². The van der Waals surface area contributed by atoms with Gasteiger partial charge in [-0.1, -0.05) is 35.8 Å². The first-order valence-electron chi connectivity index (χ1n) is 5.65. The van der Waals surface area contributed by atoms with Gasteiger partial charge in [-0.15, -0.1) is 0 Å². The highest BCUT2D eigenvalue weighted by Gasteiger charge is 2.12. The summed E-state index contributed by atoms with van der Waals surface area (Å²) in [4.78, 5) is 0. The fraction of sp³-hybridized carbons (Fsp3) is 0.538. The van der Waals surface area contributed by atoms with Crippen LogP contribution in [0.3, 0.4) is 0 Å². The average Bonchev–Trinajstić information content (AvgIpc) is 2.23. The topological polar surface area (TPSA) is 32.3 Å². The molecule has 0 saturated heterocycles. The van der Waals surface area contributed by atoms with E-state index < -0.39 is 0 Å². The minimum absolute atomic E-state index is 0.234. The number of aliphatic hydroxyl groups excluding tert-OH is 1. The van der Waals surface area contributed by atoms with Gasteiger partial charge in [0, 0.05) is 29.2 Å². The van der Waals surface area contributed by atoms with Crippen molar-refractivity contribution in [1.82, 2.24) is 0 Å². The molecular formula is C13H20BrNO. The Morgan fingerprint density at radius 1 is 1.38 bits per heavy atom. The van der Waals surface area contributed by atoms with Crippen molar-refractivity contribution in [3.05, 3.63) is 28.2 Å². The molecule has 0 bridgehead atoms. The molecule has 0 saturated carbocycles. The Kier molecular flexibility index (Phi) is 5.29. The fourth-order valence-corrected chi connectivity index (χ4v) is 1.90. The lowest BCUT2D eigenvalue weighted by atomic mass is 9.96. The SMILES string of the molecule is Cc1ccc(Br)cc1NCC(CO)C(C)C. The molecule has 0 aliphatic carbocycles. The molecule has 0 heterocycles. The number of hydrogen-bond donors (Lipinski definition) is 2. The van der Waals surface area contributed by atoms with Crippen LogP contribution in [-0.2, 0) is 0 Å². The standard InChI is InChI=1S/C13H20BrNO/c1-9(2)11(8-16)7-15-13-6-12(14)5-4-10(13)3/h4-6,9,11,15-16H,7-8H2,1-3H3. The zero-order valence-electron chi connectivity index (χ0n) is 10.1.